The molecule has 1 aliphatic heterocycles. The van der Waals surface area contributed by atoms with Gasteiger partial charge in [-0.1, -0.05) is 0 Å². The number of halogens is 1. The summed E-state index contributed by atoms with van der Waals surface area (Å²) in [5, 5.41) is 3.47. The highest BCUT2D eigenvalue weighted by Crippen LogP contribution is 2.11. The van der Waals surface area contributed by atoms with Crippen LogP contribution in [0.2, 0.25) is 0 Å². The van der Waals surface area contributed by atoms with Gasteiger partial charge < -0.3 is 10.2 Å². The largest absolute Gasteiger partial charge is 0.342 e. The summed E-state index contributed by atoms with van der Waals surface area (Å²) in [6.07, 6.45) is 6.24. The van der Waals surface area contributed by atoms with Crippen molar-refractivity contribution in [1.82, 2.24) is 15.3 Å². The molecule has 15 heavy (non-hydrogen) atoms. The second-order valence-electron chi connectivity index (χ2n) is 3.88. The standard InChI is InChI=1S/C10H15IN4/c1-15(7-9-3-2-4-12-9)10-13-5-8(11)6-14-10/h5-6,9,12H,2-4,7H2,1H3. The van der Waals surface area contributed by atoms with Crippen molar-refractivity contribution < 1.29 is 0 Å². The molecule has 1 N–H and O–H groups in total. The van der Waals surface area contributed by atoms with Crippen molar-refractivity contribution in [1.29, 1.82) is 0 Å². The molecule has 4 nitrogen and oxygen atoms in total. The molecule has 1 fully saturated rings. The predicted molar refractivity (Wildman–Crippen MR) is 69.0 cm³/mol. The Labute approximate surface area is 104 Å². The fourth-order valence-electron chi connectivity index (χ4n) is 1.83. The number of nitrogens with zero attached hydrogens (tertiary/aromatic N) is 3. The van der Waals surface area contributed by atoms with Crippen LogP contribution in [0, 0.1) is 3.57 Å². The van der Waals surface area contributed by atoms with E-state index in [1.165, 1.54) is 12.8 Å². The van der Waals surface area contributed by atoms with Crippen molar-refractivity contribution in [3.8, 4) is 0 Å². The molecule has 1 unspecified atom stereocenters. The number of hydrogen-bond donors (Lipinski definition) is 1. The number of likely N-dealkylation sites (N-methyl/N-ethyl adjacent to an activating group) is 1. The van der Waals surface area contributed by atoms with Gasteiger partial charge >= 0.3 is 0 Å². The minimum absolute atomic E-state index is 0.595. The summed E-state index contributed by atoms with van der Waals surface area (Å²) in [4.78, 5) is 10.7. The molecular weight excluding hydrogens is 303 g/mol. The first kappa shape index (κ1) is 11.1. The van der Waals surface area contributed by atoms with Gasteiger partial charge in [0.25, 0.3) is 0 Å². The molecular formula is C10H15IN4. The van der Waals surface area contributed by atoms with E-state index in [0.717, 1.165) is 22.6 Å². The van der Waals surface area contributed by atoms with Gasteiger partial charge in [-0.25, -0.2) is 9.97 Å². The van der Waals surface area contributed by atoms with Crippen LogP contribution >= 0.6 is 22.6 Å². The minimum Gasteiger partial charge on any atom is -0.342 e. The van der Waals surface area contributed by atoms with E-state index < -0.39 is 0 Å². The van der Waals surface area contributed by atoms with E-state index >= 15 is 0 Å². The lowest BCUT2D eigenvalue weighted by Crippen LogP contribution is -2.36. The number of nitrogens with one attached hydrogen (secondary N) is 1. The van der Waals surface area contributed by atoms with Gasteiger partial charge in [0.2, 0.25) is 5.95 Å². The number of rotatable bonds is 3. The smallest absolute Gasteiger partial charge is 0.225 e. The first-order chi connectivity index (χ1) is 7.25. The third kappa shape index (κ3) is 3.01. The Morgan fingerprint density at radius 2 is 2.27 bits per heavy atom. The van der Waals surface area contributed by atoms with Crippen LogP contribution in [-0.2, 0) is 0 Å². The van der Waals surface area contributed by atoms with Crippen molar-refractivity contribution in [3.63, 3.8) is 0 Å². The zero-order chi connectivity index (χ0) is 10.7. The number of anilines is 1. The molecule has 1 atom stereocenters. The summed E-state index contributed by atoms with van der Waals surface area (Å²) in [6.45, 7) is 2.13. The third-order valence-corrected chi connectivity index (χ3v) is 3.16. The fraction of sp³-hybridized carbons (Fsp3) is 0.600. The van der Waals surface area contributed by atoms with Gasteiger partial charge in [0.05, 0.1) is 0 Å². The molecule has 1 saturated heterocycles. The molecule has 0 spiro atoms. The van der Waals surface area contributed by atoms with Crippen LogP contribution in [0.25, 0.3) is 0 Å². The summed E-state index contributed by atoms with van der Waals surface area (Å²) in [7, 11) is 2.04. The summed E-state index contributed by atoms with van der Waals surface area (Å²) in [6, 6.07) is 0.595. The number of aromatic nitrogens is 2. The quantitative estimate of drug-likeness (QED) is 0.852. The Balaban J connectivity index is 1.94. The highest BCUT2D eigenvalue weighted by Gasteiger charge is 2.16. The summed E-state index contributed by atoms with van der Waals surface area (Å²) < 4.78 is 1.07. The van der Waals surface area contributed by atoms with E-state index in [1.807, 2.05) is 19.4 Å². The van der Waals surface area contributed by atoms with Crippen molar-refractivity contribution in [2.24, 2.45) is 0 Å². The van der Waals surface area contributed by atoms with Crippen molar-refractivity contribution in [2.45, 2.75) is 18.9 Å². The Kier molecular flexibility index (Phi) is 3.74. The Bertz CT molecular complexity index is 308. The van der Waals surface area contributed by atoms with Gasteiger partial charge in [-0.3, -0.25) is 0 Å². The molecule has 2 heterocycles. The van der Waals surface area contributed by atoms with Gasteiger partial charge in [0.1, 0.15) is 0 Å². The Morgan fingerprint density at radius 3 is 2.87 bits per heavy atom. The maximum atomic E-state index is 4.30. The molecule has 0 radical (unpaired) electrons. The monoisotopic (exact) mass is 318 g/mol. The predicted octanol–water partition coefficient (Wildman–Crippen LogP) is 1.27. The van der Waals surface area contributed by atoms with E-state index in [4.69, 9.17) is 0 Å². The van der Waals surface area contributed by atoms with E-state index in [-0.39, 0.29) is 0 Å². The number of hydrogen-bond acceptors (Lipinski definition) is 4. The highest BCUT2D eigenvalue weighted by atomic mass is 127. The second-order valence-corrected chi connectivity index (χ2v) is 5.12. The van der Waals surface area contributed by atoms with Crippen LogP contribution in [0.15, 0.2) is 12.4 Å². The van der Waals surface area contributed by atoms with E-state index in [2.05, 4.69) is 42.8 Å². The lowest BCUT2D eigenvalue weighted by molar-refractivity contribution is 0.594. The van der Waals surface area contributed by atoms with Gasteiger partial charge in [0, 0.05) is 35.6 Å². The van der Waals surface area contributed by atoms with Gasteiger partial charge in [0.15, 0.2) is 0 Å². The first-order valence-corrected chi connectivity index (χ1v) is 6.25. The zero-order valence-corrected chi connectivity index (χ0v) is 10.9. The summed E-state index contributed by atoms with van der Waals surface area (Å²) >= 11 is 2.21. The average Bonchev–Trinajstić information content (AvgIpc) is 2.71. The lowest BCUT2D eigenvalue weighted by Gasteiger charge is -2.20. The molecule has 5 heteroatoms. The van der Waals surface area contributed by atoms with Crippen LogP contribution < -0.4 is 10.2 Å². The lowest BCUT2D eigenvalue weighted by atomic mass is 10.2. The molecule has 0 aliphatic carbocycles. The summed E-state index contributed by atoms with van der Waals surface area (Å²) in [5.74, 6) is 0.809. The van der Waals surface area contributed by atoms with Crippen molar-refractivity contribution in [3.05, 3.63) is 16.0 Å². The van der Waals surface area contributed by atoms with E-state index in [9.17, 15) is 0 Å². The van der Waals surface area contributed by atoms with E-state index in [0.29, 0.717) is 6.04 Å². The van der Waals surface area contributed by atoms with Gasteiger partial charge in [-0.05, 0) is 42.0 Å². The zero-order valence-electron chi connectivity index (χ0n) is 8.78. The van der Waals surface area contributed by atoms with E-state index in [1.54, 1.807) is 0 Å². The van der Waals surface area contributed by atoms with Crippen LogP contribution in [-0.4, -0.2) is 36.1 Å². The van der Waals surface area contributed by atoms with Crippen LogP contribution in [0.1, 0.15) is 12.8 Å². The molecule has 2 rings (SSSR count). The molecule has 0 aromatic carbocycles. The molecule has 0 saturated carbocycles. The van der Waals surface area contributed by atoms with Gasteiger partial charge in [-0.2, -0.15) is 0 Å². The third-order valence-electron chi connectivity index (χ3n) is 2.60. The molecule has 0 bridgehead atoms. The topological polar surface area (TPSA) is 41.0 Å². The first-order valence-electron chi connectivity index (χ1n) is 5.18. The van der Waals surface area contributed by atoms with Crippen LogP contribution in [0.5, 0.6) is 0 Å². The second kappa shape index (κ2) is 5.07. The molecule has 82 valence electrons. The Hall–Kier alpha value is -0.430. The normalized spacial score (nSPS) is 20.5. The molecule has 1 aromatic rings. The van der Waals surface area contributed by atoms with Crippen molar-refractivity contribution in [2.75, 3.05) is 25.0 Å². The van der Waals surface area contributed by atoms with Gasteiger partial charge in [-0.15, -0.1) is 0 Å². The minimum atomic E-state index is 0.595. The van der Waals surface area contributed by atoms with Crippen LogP contribution in [0.4, 0.5) is 5.95 Å². The maximum Gasteiger partial charge on any atom is 0.225 e. The highest BCUT2D eigenvalue weighted by molar-refractivity contribution is 14.1. The Morgan fingerprint density at radius 1 is 1.53 bits per heavy atom. The maximum absolute atomic E-state index is 4.30. The molecule has 1 aromatic heterocycles. The van der Waals surface area contributed by atoms with Crippen LogP contribution in [0.3, 0.4) is 0 Å². The van der Waals surface area contributed by atoms with Crippen molar-refractivity contribution >= 4 is 28.5 Å². The fourth-order valence-corrected chi connectivity index (χ4v) is 2.11. The molecule has 1 aliphatic rings. The molecule has 0 amide bonds. The SMILES string of the molecule is CN(CC1CCCN1)c1ncc(I)cn1. The summed E-state index contributed by atoms with van der Waals surface area (Å²) in [5.41, 5.74) is 0. The average molecular weight is 318 g/mol.